The van der Waals surface area contributed by atoms with Gasteiger partial charge in [-0.1, -0.05) is 12.1 Å². The number of nitro benzene ring substituents is 1. The average Bonchev–Trinajstić information content (AvgIpc) is 2.90. The van der Waals surface area contributed by atoms with Gasteiger partial charge in [0.1, 0.15) is 5.75 Å². The highest BCUT2D eigenvalue weighted by molar-refractivity contribution is 5.56. The fraction of sp³-hybridized carbons (Fsp3) is 0.294. The molecule has 0 spiro atoms. The third-order valence-corrected chi connectivity index (χ3v) is 4.18. The summed E-state index contributed by atoms with van der Waals surface area (Å²) in [6.07, 6.45) is 1.97. The normalized spacial score (nSPS) is 16.2. The molecule has 3 rings (SSSR count). The molecule has 22 heavy (non-hydrogen) atoms. The number of fused-ring (bicyclic) bond motifs is 1. The van der Waals surface area contributed by atoms with E-state index in [9.17, 15) is 10.1 Å². The van der Waals surface area contributed by atoms with Crippen molar-refractivity contribution >= 4 is 11.4 Å². The smallest absolute Gasteiger partial charge is 0.272 e. The Morgan fingerprint density at radius 3 is 2.82 bits per heavy atom. The van der Waals surface area contributed by atoms with E-state index in [1.54, 1.807) is 26.2 Å². The van der Waals surface area contributed by atoms with Gasteiger partial charge < -0.3 is 10.1 Å². The quantitative estimate of drug-likeness (QED) is 0.684. The van der Waals surface area contributed by atoms with Crippen LogP contribution in [0.25, 0.3) is 0 Å². The molecule has 1 aliphatic carbocycles. The van der Waals surface area contributed by atoms with Crippen molar-refractivity contribution in [3.8, 4) is 5.75 Å². The number of methoxy groups -OCH3 is 1. The SMILES string of the molecule is COc1cccc2c1CCC2Nc1ccc([N+](=O)[O-])c(C)c1. The zero-order chi connectivity index (χ0) is 15.7. The summed E-state index contributed by atoms with van der Waals surface area (Å²) in [6.45, 7) is 1.76. The Morgan fingerprint density at radius 1 is 1.32 bits per heavy atom. The second kappa shape index (κ2) is 5.67. The fourth-order valence-corrected chi connectivity index (χ4v) is 3.11. The molecule has 0 fully saturated rings. The lowest BCUT2D eigenvalue weighted by Gasteiger charge is -2.16. The Bertz CT molecular complexity index is 728. The highest BCUT2D eigenvalue weighted by Gasteiger charge is 2.25. The van der Waals surface area contributed by atoms with Gasteiger partial charge in [-0.25, -0.2) is 0 Å². The van der Waals surface area contributed by atoms with Crippen LogP contribution >= 0.6 is 0 Å². The number of nitrogens with one attached hydrogen (secondary N) is 1. The minimum atomic E-state index is -0.352. The number of nitrogens with zero attached hydrogens (tertiary/aromatic N) is 1. The standard InChI is InChI=1S/C17H18N2O3/c1-11-10-12(6-9-16(11)19(20)21)18-15-8-7-14-13(15)4-3-5-17(14)22-2/h3-6,9-10,15,18H,7-8H2,1-2H3. The molecule has 0 radical (unpaired) electrons. The van der Waals surface area contributed by atoms with Crippen molar-refractivity contribution in [1.29, 1.82) is 0 Å². The van der Waals surface area contributed by atoms with E-state index in [0.29, 0.717) is 5.56 Å². The number of benzene rings is 2. The summed E-state index contributed by atoms with van der Waals surface area (Å²) < 4.78 is 5.41. The molecular weight excluding hydrogens is 280 g/mol. The van der Waals surface area contributed by atoms with Crippen LogP contribution in [0.3, 0.4) is 0 Å². The molecular formula is C17H18N2O3. The lowest BCUT2D eigenvalue weighted by atomic mass is 10.1. The zero-order valence-electron chi connectivity index (χ0n) is 12.6. The van der Waals surface area contributed by atoms with Crippen LogP contribution in [-0.4, -0.2) is 12.0 Å². The van der Waals surface area contributed by atoms with Gasteiger partial charge in [0.2, 0.25) is 0 Å². The van der Waals surface area contributed by atoms with E-state index in [1.165, 1.54) is 11.1 Å². The van der Waals surface area contributed by atoms with Gasteiger partial charge in [0.15, 0.2) is 0 Å². The van der Waals surface area contributed by atoms with E-state index < -0.39 is 0 Å². The summed E-state index contributed by atoms with van der Waals surface area (Å²) in [7, 11) is 1.69. The van der Waals surface area contributed by atoms with Crippen LogP contribution in [0.4, 0.5) is 11.4 Å². The zero-order valence-corrected chi connectivity index (χ0v) is 12.6. The molecule has 1 unspecified atom stereocenters. The number of aryl methyl sites for hydroxylation is 1. The van der Waals surface area contributed by atoms with Gasteiger partial charge in [-0.05, 0) is 49.1 Å². The van der Waals surface area contributed by atoms with Gasteiger partial charge in [-0.15, -0.1) is 0 Å². The molecule has 1 atom stereocenters. The molecule has 1 aliphatic rings. The topological polar surface area (TPSA) is 64.4 Å². The van der Waals surface area contributed by atoms with Crippen LogP contribution in [0.5, 0.6) is 5.75 Å². The maximum atomic E-state index is 10.9. The second-order valence-electron chi connectivity index (χ2n) is 5.52. The molecule has 114 valence electrons. The number of anilines is 1. The number of hydrogen-bond acceptors (Lipinski definition) is 4. The summed E-state index contributed by atoms with van der Waals surface area (Å²) in [5.74, 6) is 0.932. The fourth-order valence-electron chi connectivity index (χ4n) is 3.11. The van der Waals surface area contributed by atoms with Gasteiger partial charge >= 0.3 is 0 Å². The Kier molecular flexibility index (Phi) is 3.71. The molecule has 0 amide bonds. The van der Waals surface area contributed by atoms with Crippen LogP contribution in [0.15, 0.2) is 36.4 Å². The van der Waals surface area contributed by atoms with Crippen molar-refractivity contribution in [2.24, 2.45) is 0 Å². The summed E-state index contributed by atoms with van der Waals surface area (Å²) >= 11 is 0. The minimum absolute atomic E-state index is 0.152. The molecule has 1 N–H and O–H groups in total. The van der Waals surface area contributed by atoms with E-state index in [-0.39, 0.29) is 16.7 Å². The predicted octanol–water partition coefficient (Wildman–Crippen LogP) is 4.01. The maximum absolute atomic E-state index is 10.9. The highest BCUT2D eigenvalue weighted by Crippen LogP contribution is 2.39. The molecule has 0 aliphatic heterocycles. The first-order chi connectivity index (χ1) is 10.6. The number of nitro groups is 1. The van der Waals surface area contributed by atoms with Gasteiger partial charge in [0.25, 0.3) is 5.69 Å². The molecule has 0 saturated carbocycles. The molecule has 0 aromatic heterocycles. The van der Waals surface area contributed by atoms with E-state index in [2.05, 4.69) is 11.4 Å². The minimum Gasteiger partial charge on any atom is -0.496 e. The molecule has 0 heterocycles. The monoisotopic (exact) mass is 298 g/mol. The molecule has 2 aromatic carbocycles. The molecule has 5 nitrogen and oxygen atoms in total. The summed E-state index contributed by atoms with van der Waals surface area (Å²) in [5.41, 5.74) is 4.22. The molecule has 0 bridgehead atoms. The molecule has 0 saturated heterocycles. The summed E-state index contributed by atoms with van der Waals surface area (Å²) in [4.78, 5) is 10.5. The summed E-state index contributed by atoms with van der Waals surface area (Å²) in [6, 6.07) is 11.5. The highest BCUT2D eigenvalue weighted by atomic mass is 16.6. The first kappa shape index (κ1) is 14.4. The van der Waals surface area contributed by atoms with Gasteiger partial charge in [-0.2, -0.15) is 0 Å². The van der Waals surface area contributed by atoms with Crippen LogP contribution in [0.1, 0.15) is 29.2 Å². The first-order valence-corrected chi connectivity index (χ1v) is 7.27. The van der Waals surface area contributed by atoms with Gasteiger partial charge in [0.05, 0.1) is 18.1 Å². The van der Waals surface area contributed by atoms with E-state index in [1.807, 2.05) is 18.2 Å². The van der Waals surface area contributed by atoms with E-state index in [0.717, 1.165) is 24.3 Å². The first-order valence-electron chi connectivity index (χ1n) is 7.27. The lowest BCUT2D eigenvalue weighted by Crippen LogP contribution is -2.07. The third kappa shape index (κ3) is 2.50. The largest absolute Gasteiger partial charge is 0.496 e. The van der Waals surface area contributed by atoms with Crippen molar-refractivity contribution in [3.05, 3.63) is 63.2 Å². The summed E-state index contributed by atoms with van der Waals surface area (Å²) in [5, 5.41) is 14.4. The van der Waals surface area contributed by atoms with Gasteiger partial charge in [-0.3, -0.25) is 10.1 Å². The Hall–Kier alpha value is -2.56. The van der Waals surface area contributed by atoms with Crippen molar-refractivity contribution in [1.82, 2.24) is 0 Å². The van der Waals surface area contributed by atoms with Crippen molar-refractivity contribution < 1.29 is 9.66 Å². The van der Waals surface area contributed by atoms with Gasteiger partial charge in [0, 0.05) is 17.3 Å². The van der Waals surface area contributed by atoms with E-state index in [4.69, 9.17) is 4.74 Å². The lowest BCUT2D eigenvalue weighted by molar-refractivity contribution is -0.385. The van der Waals surface area contributed by atoms with E-state index >= 15 is 0 Å². The van der Waals surface area contributed by atoms with Crippen molar-refractivity contribution in [2.75, 3.05) is 12.4 Å². The average molecular weight is 298 g/mol. The Balaban J connectivity index is 1.85. The Morgan fingerprint density at radius 2 is 2.14 bits per heavy atom. The Labute approximate surface area is 129 Å². The molecule has 5 heteroatoms. The third-order valence-electron chi connectivity index (χ3n) is 4.18. The van der Waals surface area contributed by atoms with Crippen LogP contribution in [0, 0.1) is 17.0 Å². The predicted molar refractivity (Wildman–Crippen MR) is 85.5 cm³/mol. The van der Waals surface area contributed by atoms with Crippen molar-refractivity contribution in [3.63, 3.8) is 0 Å². The number of rotatable bonds is 4. The van der Waals surface area contributed by atoms with Crippen LogP contribution < -0.4 is 10.1 Å². The van der Waals surface area contributed by atoms with Crippen LogP contribution in [-0.2, 0) is 6.42 Å². The van der Waals surface area contributed by atoms with Crippen LogP contribution in [0.2, 0.25) is 0 Å². The second-order valence-corrected chi connectivity index (χ2v) is 5.52. The number of ether oxygens (including phenoxy) is 1. The number of hydrogen-bond donors (Lipinski definition) is 1. The molecule has 2 aromatic rings. The van der Waals surface area contributed by atoms with Crippen molar-refractivity contribution in [2.45, 2.75) is 25.8 Å². The maximum Gasteiger partial charge on any atom is 0.272 e.